The summed E-state index contributed by atoms with van der Waals surface area (Å²) in [4.78, 5) is 0. The van der Waals surface area contributed by atoms with E-state index in [4.69, 9.17) is 17.3 Å². The highest BCUT2D eigenvalue weighted by Gasteiger charge is 2.55. The third-order valence-electron chi connectivity index (χ3n) is 3.14. The minimum absolute atomic E-state index is 0.0654. The Morgan fingerprint density at radius 1 is 1.64 bits per heavy atom. The molecule has 2 radical (unpaired) electrons. The SMILES string of the molecule is [B][C@@H]1O[C@]2(CC)COC1[C@H]2C. The van der Waals surface area contributed by atoms with Gasteiger partial charge in [-0.3, -0.25) is 0 Å². The van der Waals surface area contributed by atoms with Crippen molar-refractivity contribution in [2.24, 2.45) is 5.92 Å². The number of fused-ring (bicyclic) bond motifs is 2. The Labute approximate surface area is 68.7 Å². The summed E-state index contributed by atoms with van der Waals surface area (Å²) in [5, 5.41) is 0. The Balaban J connectivity index is 2.24. The first-order valence-corrected chi connectivity index (χ1v) is 4.24. The van der Waals surface area contributed by atoms with E-state index < -0.39 is 0 Å². The van der Waals surface area contributed by atoms with Gasteiger partial charge in [0.15, 0.2) is 0 Å². The molecule has 2 saturated heterocycles. The lowest BCUT2D eigenvalue weighted by molar-refractivity contribution is -0.115. The largest absolute Gasteiger partial charge is 0.376 e. The Morgan fingerprint density at radius 2 is 2.36 bits per heavy atom. The molecule has 0 N–H and O–H groups in total. The Hall–Kier alpha value is -0.0151. The van der Waals surface area contributed by atoms with Crippen molar-refractivity contribution in [3.63, 3.8) is 0 Å². The van der Waals surface area contributed by atoms with Crippen LogP contribution in [0.2, 0.25) is 0 Å². The molecule has 0 aromatic heterocycles. The van der Waals surface area contributed by atoms with Gasteiger partial charge in [-0.25, -0.2) is 0 Å². The zero-order valence-corrected chi connectivity index (χ0v) is 7.04. The molecule has 2 heterocycles. The third kappa shape index (κ3) is 0.813. The van der Waals surface area contributed by atoms with Crippen LogP contribution in [0.3, 0.4) is 0 Å². The molecule has 0 saturated carbocycles. The second-order valence-corrected chi connectivity index (χ2v) is 3.57. The second kappa shape index (κ2) is 2.24. The van der Waals surface area contributed by atoms with Crippen molar-refractivity contribution >= 4 is 7.85 Å². The van der Waals surface area contributed by atoms with Crippen LogP contribution in [0.25, 0.3) is 0 Å². The van der Waals surface area contributed by atoms with Crippen LogP contribution in [0.1, 0.15) is 20.3 Å². The Morgan fingerprint density at radius 3 is 2.64 bits per heavy atom. The van der Waals surface area contributed by atoms with E-state index >= 15 is 0 Å². The van der Waals surface area contributed by atoms with Gasteiger partial charge in [0.05, 0.1) is 18.3 Å². The molecular formula is C8H13BO2. The maximum Gasteiger partial charge on any atom is 0.112 e. The van der Waals surface area contributed by atoms with E-state index in [1.165, 1.54) is 0 Å². The molecule has 0 amide bonds. The summed E-state index contributed by atoms with van der Waals surface area (Å²) in [6, 6.07) is -0.196. The molecule has 0 aliphatic carbocycles. The molecule has 2 rings (SSSR count). The van der Waals surface area contributed by atoms with Gasteiger partial charge in [0.2, 0.25) is 0 Å². The monoisotopic (exact) mass is 152 g/mol. The molecule has 0 spiro atoms. The molecular weight excluding hydrogens is 139 g/mol. The summed E-state index contributed by atoms with van der Waals surface area (Å²) in [5.41, 5.74) is -0.0654. The first kappa shape index (κ1) is 7.62. The van der Waals surface area contributed by atoms with Gasteiger partial charge in [-0.15, -0.1) is 0 Å². The van der Waals surface area contributed by atoms with Crippen LogP contribution in [-0.4, -0.2) is 32.2 Å². The van der Waals surface area contributed by atoms with E-state index in [0.717, 1.165) is 13.0 Å². The predicted molar refractivity (Wildman–Crippen MR) is 42.6 cm³/mol. The van der Waals surface area contributed by atoms with Gasteiger partial charge in [0, 0.05) is 11.9 Å². The van der Waals surface area contributed by atoms with Crippen LogP contribution in [0.15, 0.2) is 0 Å². The lowest BCUT2D eigenvalue weighted by Crippen LogP contribution is -2.37. The van der Waals surface area contributed by atoms with Gasteiger partial charge in [-0.2, -0.15) is 0 Å². The van der Waals surface area contributed by atoms with Crippen LogP contribution >= 0.6 is 0 Å². The summed E-state index contributed by atoms with van der Waals surface area (Å²) < 4.78 is 11.2. The Kier molecular flexibility index (Phi) is 1.55. The summed E-state index contributed by atoms with van der Waals surface area (Å²) in [7, 11) is 5.72. The van der Waals surface area contributed by atoms with Crippen LogP contribution in [0.5, 0.6) is 0 Å². The van der Waals surface area contributed by atoms with E-state index in [1.54, 1.807) is 0 Å². The van der Waals surface area contributed by atoms with Gasteiger partial charge in [-0.05, 0) is 6.42 Å². The number of ether oxygens (including phenoxy) is 2. The highest BCUT2D eigenvalue weighted by atomic mass is 16.6. The maximum atomic E-state index is 5.72. The maximum absolute atomic E-state index is 5.72. The molecule has 2 aliphatic rings. The molecule has 11 heavy (non-hydrogen) atoms. The quantitative estimate of drug-likeness (QED) is 0.514. The van der Waals surface area contributed by atoms with Gasteiger partial charge in [0.25, 0.3) is 0 Å². The van der Waals surface area contributed by atoms with E-state index in [2.05, 4.69) is 13.8 Å². The van der Waals surface area contributed by atoms with Crippen molar-refractivity contribution in [1.29, 1.82) is 0 Å². The topological polar surface area (TPSA) is 18.5 Å². The molecule has 4 atom stereocenters. The Bertz CT molecular complexity index is 173. The molecule has 60 valence electrons. The number of rotatable bonds is 1. The van der Waals surface area contributed by atoms with Crippen molar-refractivity contribution in [2.45, 2.75) is 38.0 Å². The standard InChI is InChI=1S/C8H13BO2/c1-3-8-4-10-6(5(8)2)7(9)11-8/h5-7H,3-4H2,1-2H3/t5-,6?,7-,8-/m1/s1. The highest BCUT2D eigenvalue weighted by molar-refractivity contribution is 6.11. The van der Waals surface area contributed by atoms with Gasteiger partial charge >= 0.3 is 0 Å². The fourth-order valence-electron chi connectivity index (χ4n) is 2.18. The van der Waals surface area contributed by atoms with E-state index in [-0.39, 0.29) is 17.7 Å². The lowest BCUT2D eigenvalue weighted by atomic mass is 9.85. The number of hydrogen-bond acceptors (Lipinski definition) is 2. The van der Waals surface area contributed by atoms with Crippen LogP contribution in [0, 0.1) is 5.92 Å². The molecule has 2 aliphatic heterocycles. The molecule has 1 unspecified atom stereocenters. The van der Waals surface area contributed by atoms with Crippen LogP contribution in [-0.2, 0) is 9.47 Å². The third-order valence-corrected chi connectivity index (χ3v) is 3.14. The van der Waals surface area contributed by atoms with Crippen molar-refractivity contribution in [1.82, 2.24) is 0 Å². The van der Waals surface area contributed by atoms with E-state index in [1.807, 2.05) is 0 Å². The van der Waals surface area contributed by atoms with Gasteiger partial charge < -0.3 is 9.47 Å². The zero-order valence-electron chi connectivity index (χ0n) is 7.04. The first-order valence-electron chi connectivity index (χ1n) is 4.24. The van der Waals surface area contributed by atoms with Crippen molar-refractivity contribution in [2.75, 3.05) is 6.61 Å². The summed E-state index contributed by atoms with van der Waals surface area (Å²) in [6.07, 6.45) is 1.13. The fraction of sp³-hybridized carbons (Fsp3) is 1.00. The predicted octanol–water partition coefficient (Wildman–Crippen LogP) is 0.695. The summed E-state index contributed by atoms with van der Waals surface area (Å²) in [5.74, 6) is 0.461. The first-order chi connectivity index (χ1) is 5.19. The van der Waals surface area contributed by atoms with E-state index in [9.17, 15) is 0 Å². The average molecular weight is 152 g/mol. The van der Waals surface area contributed by atoms with Crippen molar-refractivity contribution in [3.8, 4) is 0 Å². The van der Waals surface area contributed by atoms with Crippen molar-refractivity contribution in [3.05, 3.63) is 0 Å². The van der Waals surface area contributed by atoms with Crippen LogP contribution in [0.4, 0.5) is 0 Å². The molecule has 0 aromatic rings. The molecule has 2 nitrogen and oxygen atoms in total. The summed E-state index contributed by atoms with van der Waals surface area (Å²) >= 11 is 0. The van der Waals surface area contributed by atoms with Gasteiger partial charge in [0.1, 0.15) is 7.85 Å². The average Bonchev–Trinajstić information content (AvgIpc) is 2.42. The second-order valence-electron chi connectivity index (χ2n) is 3.57. The van der Waals surface area contributed by atoms with E-state index in [0.29, 0.717) is 5.92 Å². The zero-order chi connectivity index (χ0) is 8.06. The minimum atomic E-state index is -0.196. The summed E-state index contributed by atoms with van der Waals surface area (Å²) in [6.45, 7) is 5.01. The minimum Gasteiger partial charge on any atom is -0.376 e. The molecule has 2 bridgehead atoms. The smallest absolute Gasteiger partial charge is 0.112 e. The lowest BCUT2D eigenvalue weighted by Gasteiger charge is -2.29. The number of hydrogen-bond donors (Lipinski definition) is 0. The fourth-order valence-corrected chi connectivity index (χ4v) is 2.18. The van der Waals surface area contributed by atoms with Gasteiger partial charge in [-0.1, -0.05) is 13.8 Å². The molecule has 3 heteroatoms. The van der Waals surface area contributed by atoms with Crippen LogP contribution < -0.4 is 0 Å². The molecule has 2 fully saturated rings. The highest BCUT2D eigenvalue weighted by Crippen LogP contribution is 2.45. The van der Waals surface area contributed by atoms with Crippen molar-refractivity contribution < 1.29 is 9.47 Å². The molecule has 0 aromatic carbocycles. The normalized spacial score (nSPS) is 55.3.